The van der Waals surface area contributed by atoms with E-state index in [1.54, 1.807) is 10.9 Å². The van der Waals surface area contributed by atoms with Crippen LogP contribution in [0.2, 0.25) is 5.02 Å². The van der Waals surface area contributed by atoms with Gasteiger partial charge in [-0.25, -0.2) is 0 Å². The van der Waals surface area contributed by atoms with Gasteiger partial charge in [-0.3, -0.25) is 9.48 Å². The fourth-order valence-corrected chi connectivity index (χ4v) is 3.19. The van der Waals surface area contributed by atoms with Crippen LogP contribution in [0, 0.1) is 0 Å². The van der Waals surface area contributed by atoms with Gasteiger partial charge < -0.3 is 4.90 Å². The van der Waals surface area contributed by atoms with Crippen molar-refractivity contribution in [3.05, 3.63) is 52.8 Å². The van der Waals surface area contributed by atoms with Crippen LogP contribution in [0.3, 0.4) is 0 Å². The van der Waals surface area contributed by atoms with Gasteiger partial charge in [0.15, 0.2) is 0 Å². The fourth-order valence-electron chi connectivity index (χ4n) is 2.90. The van der Waals surface area contributed by atoms with Crippen molar-refractivity contribution < 1.29 is 4.79 Å². The lowest BCUT2D eigenvalue weighted by Crippen LogP contribution is -2.40. The summed E-state index contributed by atoms with van der Waals surface area (Å²) in [6, 6.07) is 7.54. The van der Waals surface area contributed by atoms with Gasteiger partial charge in [-0.05, 0) is 36.1 Å². The predicted octanol–water partition coefficient (Wildman–Crippen LogP) is 3.07. The van der Waals surface area contributed by atoms with Crippen molar-refractivity contribution in [1.82, 2.24) is 14.7 Å². The first kappa shape index (κ1) is 14.1. The van der Waals surface area contributed by atoms with Crippen molar-refractivity contribution in [2.24, 2.45) is 0 Å². The molecule has 0 N–H and O–H groups in total. The normalized spacial score (nSPS) is 15.6. The van der Waals surface area contributed by atoms with Crippen LogP contribution in [0.5, 0.6) is 0 Å². The second-order valence-electron chi connectivity index (χ2n) is 5.30. The van der Waals surface area contributed by atoms with Gasteiger partial charge in [0.25, 0.3) is 0 Å². The highest BCUT2D eigenvalue weighted by Crippen LogP contribution is 2.27. The standard InChI is InChI=1S/C16H18ClN3O/c1-2-15(20-9-4-8-18-20)16(21)19-10-7-13-12(11-19)5-3-6-14(13)17/h3-6,8-9,15H,2,7,10-11H2,1H3. The third-order valence-electron chi connectivity index (χ3n) is 4.04. The Hall–Kier alpha value is -1.81. The summed E-state index contributed by atoms with van der Waals surface area (Å²) in [7, 11) is 0. The summed E-state index contributed by atoms with van der Waals surface area (Å²) in [5, 5.41) is 5.01. The van der Waals surface area contributed by atoms with Crippen molar-refractivity contribution in [3.8, 4) is 0 Å². The van der Waals surface area contributed by atoms with Crippen LogP contribution in [0.1, 0.15) is 30.5 Å². The molecule has 0 bridgehead atoms. The van der Waals surface area contributed by atoms with E-state index in [-0.39, 0.29) is 11.9 Å². The minimum atomic E-state index is -0.222. The molecule has 1 aromatic heterocycles. The van der Waals surface area contributed by atoms with E-state index < -0.39 is 0 Å². The van der Waals surface area contributed by atoms with E-state index in [1.807, 2.05) is 36.2 Å². The van der Waals surface area contributed by atoms with Crippen LogP contribution in [-0.4, -0.2) is 27.1 Å². The van der Waals surface area contributed by atoms with Crippen LogP contribution in [0.4, 0.5) is 0 Å². The van der Waals surface area contributed by atoms with Gasteiger partial charge in [0.2, 0.25) is 5.91 Å². The van der Waals surface area contributed by atoms with Gasteiger partial charge in [-0.15, -0.1) is 0 Å². The van der Waals surface area contributed by atoms with Crippen LogP contribution < -0.4 is 0 Å². The number of aromatic nitrogens is 2. The van der Waals surface area contributed by atoms with Gasteiger partial charge in [0.1, 0.15) is 6.04 Å². The average molecular weight is 304 g/mol. The molecule has 0 saturated heterocycles. The quantitative estimate of drug-likeness (QED) is 0.874. The Morgan fingerprint density at radius 2 is 2.29 bits per heavy atom. The van der Waals surface area contributed by atoms with Crippen molar-refractivity contribution in [3.63, 3.8) is 0 Å². The smallest absolute Gasteiger partial charge is 0.247 e. The summed E-state index contributed by atoms with van der Waals surface area (Å²) < 4.78 is 1.75. The van der Waals surface area contributed by atoms with E-state index in [0.29, 0.717) is 13.1 Å². The maximum absolute atomic E-state index is 12.8. The van der Waals surface area contributed by atoms with Crippen LogP contribution >= 0.6 is 11.6 Å². The minimum Gasteiger partial charge on any atom is -0.336 e. The van der Waals surface area contributed by atoms with E-state index in [0.717, 1.165) is 23.4 Å². The van der Waals surface area contributed by atoms with Gasteiger partial charge in [0, 0.05) is 30.5 Å². The fraction of sp³-hybridized carbons (Fsp3) is 0.375. The number of carbonyl (C=O) groups is 1. The van der Waals surface area contributed by atoms with E-state index >= 15 is 0 Å². The minimum absolute atomic E-state index is 0.131. The first-order chi connectivity index (χ1) is 10.2. The average Bonchev–Trinajstić information content (AvgIpc) is 3.02. The molecule has 1 aliphatic rings. The highest BCUT2D eigenvalue weighted by atomic mass is 35.5. The van der Waals surface area contributed by atoms with Crippen molar-refractivity contribution >= 4 is 17.5 Å². The SMILES string of the molecule is CCC(C(=O)N1CCc2c(Cl)cccc2C1)n1cccn1. The molecule has 0 aliphatic carbocycles. The zero-order chi connectivity index (χ0) is 14.8. The number of hydrogen-bond acceptors (Lipinski definition) is 2. The molecule has 2 heterocycles. The van der Waals surface area contributed by atoms with E-state index in [1.165, 1.54) is 5.56 Å². The van der Waals surface area contributed by atoms with E-state index in [4.69, 9.17) is 11.6 Å². The Labute approximate surface area is 129 Å². The first-order valence-corrected chi connectivity index (χ1v) is 7.62. The number of fused-ring (bicyclic) bond motifs is 1. The topological polar surface area (TPSA) is 38.1 Å². The molecule has 0 spiro atoms. The number of halogens is 1. The van der Waals surface area contributed by atoms with Crippen molar-refractivity contribution in [2.45, 2.75) is 32.4 Å². The molecule has 1 aromatic carbocycles. The maximum Gasteiger partial charge on any atom is 0.247 e. The number of rotatable bonds is 3. The summed E-state index contributed by atoms with van der Waals surface area (Å²) in [6.07, 6.45) is 5.11. The van der Waals surface area contributed by atoms with Crippen LogP contribution in [-0.2, 0) is 17.8 Å². The summed E-state index contributed by atoms with van der Waals surface area (Å²) in [5.74, 6) is 0.131. The Kier molecular flexibility index (Phi) is 3.97. The predicted molar refractivity (Wildman–Crippen MR) is 82.1 cm³/mol. The monoisotopic (exact) mass is 303 g/mol. The number of amides is 1. The molecule has 3 rings (SSSR count). The second-order valence-corrected chi connectivity index (χ2v) is 5.70. The highest BCUT2D eigenvalue weighted by Gasteiger charge is 2.28. The van der Waals surface area contributed by atoms with Gasteiger partial charge in [-0.2, -0.15) is 5.10 Å². The molecule has 4 nitrogen and oxygen atoms in total. The molecule has 5 heteroatoms. The van der Waals surface area contributed by atoms with E-state index in [9.17, 15) is 4.79 Å². The zero-order valence-electron chi connectivity index (χ0n) is 12.0. The maximum atomic E-state index is 12.8. The number of nitrogens with zero attached hydrogens (tertiary/aromatic N) is 3. The molecule has 0 fully saturated rings. The van der Waals surface area contributed by atoms with Gasteiger partial charge in [0.05, 0.1) is 0 Å². The molecule has 0 radical (unpaired) electrons. The lowest BCUT2D eigenvalue weighted by atomic mass is 9.99. The third-order valence-corrected chi connectivity index (χ3v) is 4.39. The third kappa shape index (κ3) is 2.68. The molecule has 110 valence electrons. The summed E-state index contributed by atoms with van der Waals surface area (Å²) in [5.41, 5.74) is 2.33. The molecule has 21 heavy (non-hydrogen) atoms. The Morgan fingerprint density at radius 1 is 1.43 bits per heavy atom. The Morgan fingerprint density at radius 3 is 3.00 bits per heavy atom. The first-order valence-electron chi connectivity index (χ1n) is 7.25. The lowest BCUT2D eigenvalue weighted by Gasteiger charge is -2.32. The van der Waals surface area contributed by atoms with Gasteiger partial charge in [-0.1, -0.05) is 30.7 Å². The van der Waals surface area contributed by atoms with Crippen molar-refractivity contribution in [1.29, 1.82) is 0 Å². The van der Waals surface area contributed by atoms with Gasteiger partial charge >= 0.3 is 0 Å². The molecule has 1 aliphatic heterocycles. The molecule has 1 atom stereocenters. The largest absolute Gasteiger partial charge is 0.336 e. The molecular formula is C16H18ClN3O. The van der Waals surface area contributed by atoms with E-state index in [2.05, 4.69) is 11.2 Å². The Balaban J connectivity index is 1.81. The lowest BCUT2D eigenvalue weighted by molar-refractivity contribution is -0.136. The number of carbonyl (C=O) groups excluding carboxylic acids is 1. The molecule has 2 aromatic rings. The van der Waals surface area contributed by atoms with Crippen molar-refractivity contribution in [2.75, 3.05) is 6.54 Å². The van der Waals surface area contributed by atoms with Crippen LogP contribution in [0.25, 0.3) is 0 Å². The number of hydrogen-bond donors (Lipinski definition) is 0. The molecule has 1 unspecified atom stereocenters. The zero-order valence-corrected chi connectivity index (χ0v) is 12.8. The molecule has 0 saturated carbocycles. The molecule has 1 amide bonds. The Bertz CT molecular complexity index is 639. The summed E-state index contributed by atoms with van der Waals surface area (Å²) in [4.78, 5) is 14.7. The highest BCUT2D eigenvalue weighted by molar-refractivity contribution is 6.31. The number of benzene rings is 1. The summed E-state index contributed by atoms with van der Waals surface area (Å²) >= 11 is 6.22. The second kappa shape index (κ2) is 5.90. The molecular weight excluding hydrogens is 286 g/mol. The van der Waals surface area contributed by atoms with Crippen LogP contribution in [0.15, 0.2) is 36.7 Å². The summed E-state index contributed by atoms with van der Waals surface area (Å²) in [6.45, 7) is 3.36.